The molecular formula is C10H8ClN4+. The first-order valence-corrected chi connectivity index (χ1v) is 4.65. The van der Waals surface area contributed by atoms with E-state index in [1.165, 1.54) is 6.20 Å². The lowest BCUT2D eigenvalue weighted by molar-refractivity contribution is 1.17. The zero-order valence-corrected chi connectivity index (χ0v) is 8.49. The average Bonchev–Trinajstić information content (AvgIpc) is 2.25. The van der Waals surface area contributed by atoms with Crippen LogP contribution >= 0.6 is 11.6 Å². The minimum atomic E-state index is 0.179. The summed E-state index contributed by atoms with van der Waals surface area (Å²) in [6.45, 7) is 0. The Kier molecular flexibility index (Phi) is 2.63. The minimum absolute atomic E-state index is 0.179. The number of anilines is 2. The van der Waals surface area contributed by atoms with Crippen molar-refractivity contribution >= 4 is 23.4 Å². The first-order chi connectivity index (χ1) is 7.25. The fourth-order valence-electron chi connectivity index (χ4n) is 1.07. The van der Waals surface area contributed by atoms with Gasteiger partial charge in [0.05, 0.1) is 24.4 Å². The Hall–Kier alpha value is -1.90. The molecular weight excluding hydrogens is 212 g/mol. The van der Waals surface area contributed by atoms with Crippen LogP contribution in [0.2, 0.25) is 5.02 Å². The van der Waals surface area contributed by atoms with Crippen LogP contribution in [0, 0.1) is 6.08 Å². The monoisotopic (exact) mass is 219 g/mol. The third-order valence-electron chi connectivity index (χ3n) is 1.72. The molecule has 0 saturated heterocycles. The van der Waals surface area contributed by atoms with E-state index >= 15 is 0 Å². The summed E-state index contributed by atoms with van der Waals surface area (Å²) in [5.41, 5.74) is 6.23. The van der Waals surface area contributed by atoms with Gasteiger partial charge in [-0.15, -0.1) is 0 Å². The number of rotatable bonds is 2. The molecule has 1 aromatic heterocycles. The van der Waals surface area contributed by atoms with Crippen LogP contribution in [0.4, 0.5) is 11.8 Å². The van der Waals surface area contributed by atoms with Gasteiger partial charge < -0.3 is 11.1 Å². The third-order valence-corrected chi connectivity index (χ3v) is 2.00. The van der Waals surface area contributed by atoms with Gasteiger partial charge in [0.15, 0.2) is 5.82 Å². The van der Waals surface area contributed by atoms with Crippen molar-refractivity contribution in [2.45, 2.75) is 0 Å². The molecule has 0 aliphatic heterocycles. The van der Waals surface area contributed by atoms with Crippen LogP contribution in [0.15, 0.2) is 36.2 Å². The molecule has 1 heterocycles. The van der Waals surface area contributed by atoms with E-state index in [0.29, 0.717) is 10.8 Å². The molecule has 1 aliphatic rings. The summed E-state index contributed by atoms with van der Waals surface area (Å²) in [6, 6.07) is 0. The van der Waals surface area contributed by atoms with Crippen molar-refractivity contribution in [3.05, 3.63) is 47.3 Å². The fraction of sp³-hybridized carbons (Fsp3) is 0. The average molecular weight is 220 g/mol. The zero-order chi connectivity index (χ0) is 10.7. The van der Waals surface area contributed by atoms with Crippen LogP contribution in [0.1, 0.15) is 0 Å². The molecule has 0 unspecified atom stereocenters. The summed E-state index contributed by atoms with van der Waals surface area (Å²) in [4.78, 5) is 7.74. The number of halogens is 1. The smallest absolute Gasteiger partial charge is 0.222 e. The second-order valence-electron chi connectivity index (χ2n) is 2.83. The van der Waals surface area contributed by atoms with Crippen molar-refractivity contribution < 1.29 is 0 Å². The number of aromatic nitrogens is 2. The number of hydrogen-bond acceptors (Lipinski definition) is 4. The molecule has 0 fully saturated rings. The Morgan fingerprint density at radius 1 is 1.40 bits per heavy atom. The van der Waals surface area contributed by atoms with Crippen LogP contribution in [0.5, 0.6) is 0 Å². The number of nitrogens with zero attached hydrogens (tertiary/aromatic N) is 2. The number of nitrogens with two attached hydrogens (primary N) is 1. The quantitative estimate of drug-likeness (QED) is 0.747. The van der Waals surface area contributed by atoms with Gasteiger partial charge in [-0.25, -0.2) is 4.98 Å². The summed E-state index contributed by atoms with van der Waals surface area (Å²) in [6.07, 6.45) is 11.9. The minimum Gasteiger partial charge on any atom is -0.368 e. The SMILES string of the molecule is Nc1ncc(Cl)c(NC2=CC=CC=[C+]2)n1. The summed E-state index contributed by atoms with van der Waals surface area (Å²) in [5, 5.41) is 3.41. The van der Waals surface area contributed by atoms with E-state index in [4.69, 9.17) is 17.3 Å². The molecule has 0 bridgehead atoms. The van der Waals surface area contributed by atoms with Gasteiger partial charge in [0.1, 0.15) is 11.1 Å². The van der Waals surface area contributed by atoms with Crippen molar-refractivity contribution in [1.82, 2.24) is 9.97 Å². The maximum Gasteiger partial charge on any atom is 0.222 e. The second-order valence-corrected chi connectivity index (χ2v) is 3.23. The molecule has 0 atom stereocenters. The standard InChI is InChI=1S/C10H8ClN4/c11-8-6-13-10(12)15-9(8)14-7-4-2-1-3-5-7/h1-4,6H,(H3,12,13,14,15)/q+1. The predicted octanol–water partition coefficient (Wildman–Crippen LogP) is 1.94. The lowest BCUT2D eigenvalue weighted by Gasteiger charge is -2.04. The van der Waals surface area contributed by atoms with E-state index in [-0.39, 0.29) is 5.95 Å². The van der Waals surface area contributed by atoms with Crippen LogP contribution in [-0.4, -0.2) is 9.97 Å². The third kappa shape index (κ3) is 2.31. The van der Waals surface area contributed by atoms with E-state index in [0.717, 1.165) is 5.70 Å². The van der Waals surface area contributed by atoms with Crippen molar-refractivity contribution in [3.63, 3.8) is 0 Å². The van der Waals surface area contributed by atoms with Crippen LogP contribution in [-0.2, 0) is 0 Å². The van der Waals surface area contributed by atoms with Gasteiger partial charge in [0.2, 0.25) is 11.6 Å². The Labute approximate surface area is 92.2 Å². The number of allylic oxidation sites excluding steroid dienone is 5. The molecule has 0 saturated carbocycles. The van der Waals surface area contributed by atoms with Crippen molar-refractivity contribution in [2.75, 3.05) is 11.1 Å². The molecule has 3 N–H and O–H groups in total. The van der Waals surface area contributed by atoms with Gasteiger partial charge in [0, 0.05) is 6.08 Å². The highest BCUT2D eigenvalue weighted by molar-refractivity contribution is 6.32. The molecule has 0 amide bonds. The van der Waals surface area contributed by atoms with E-state index in [2.05, 4.69) is 21.4 Å². The fourth-order valence-corrected chi connectivity index (χ4v) is 1.21. The van der Waals surface area contributed by atoms with Gasteiger partial charge in [0.25, 0.3) is 0 Å². The molecule has 1 aromatic rings. The molecule has 15 heavy (non-hydrogen) atoms. The van der Waals surface area contributed by atoms with Crippen LogP contribution in [0.3, 0.4) is 0 Å². The first-order valence-electron chi connectivity index (χ1n) is 4.27. The Morgan fingerprint density at radius 2 is 2.27 bits per heavy atom. The largest absolute Gasteiger partial charge is 0.368 e. The summed E-state index contributed by atoms with van der Waals surface area (Å²) >= 11 is 5.89. The van der Waals surface area contributed by atoms with Gasteiger partial charge in [-0.3, -0.25) is 0 Å². The Bertz CT molecular complexity index is 462. The molecule has 74 valence electrons. The van der Waals surface area contributed by atoms with E-state index in [1.807, 2.05) is 18.2 Å². The van der Waals surface area contributed by atoms with E-state index < -0.39 is 0 Å². The highest BCUT2D eigenvalue weighted by Crippen LogP contribution is 2.20. The summed E-state index contributed by atoms with van der Waals surface area (Å²) in [7, 11) is 0. The predicted molar refractivity (Wildman–Crippen MR) is 60.1 cm³/mol. The molecule has 0 radical (unpaired) electrons. The lowest BCUT2D eigenvalue weighted by Crippen LogP contribution is -2.04. The molecule has 5 heteroatoms. The molecule has 2 rings (SSSR count). The number of nitrogens with one attached hydrogen (secondary N) is 1. The topological polar surface area (TPSA) is 63.8 Å². The summed E-state index contributed by atoms with van der Waals surface area (Å²) in [5.74, 6) is 0.657. The number of nitrogen functional groups attached to an aromatic ring is 1. The molecule has 1 aliphatic carbocycles. The maximum absolute atomic E-state index is 5.89. The first kappa shape index (κ1) is 9.65. The van der Waals surface area contributed by atoms with E-state index in [1.54, 1.807) is 6.08 Å². The number of hydrogen-bond donors (Lipinski definition) is 2. The van der Waals surface area contributed by atoms with Crippen molar-refractivity contribution in [3.8, 4) is 0 Å². The summed E-state index contributed by atoms with van der Waals surface area (Å²) < 4.78 is 0. The van der Waals surface area contributed by atoms with E-state index in [9.17, 15) is 0 Å². The van der Waals surface area contributed by atoms with Crippen molar-refractivity contribution in [1.29, 1.82) is 0 Å². The van der Waals surface area contributed by atoms with Gasteiger partial charge in [-0.2, -0.15) is 4.98 Å². The second kappa shape index (κ2) is 4.09. The molecule has 0 aromatic carbocycles. The highest BCUT2D eigenvalue weighted by atomic mass is 35.5. The van der Waals surface area contributed by atoms with Gasteiger partial charge in [-0.05, 0) is 0 Å². The van der Waals surface area contributed by atoms with Gasteiger partial charge >= 0.3 is 0 Å². The van der Waals surface area contributed by atoms with Crippen LogP contribution < -0.4 is 11.1 Å². The highest BCUT2D eigenvalue weighted by Gasteiger charge is 2.08. The van der Waals surface area contributed by atoms with Gasteiger partial charge in [-0.1, -0.05) is 11.6 Å². The normalized spacial score (nSPS) is 13.3. The lowest BCUT2D eigenvalue weighted by atomic mass is 10.2. The maximum atomic E-state index is 5.89. The van der Waals surface area contributed by atoms with Crippen LogP contribution in [0.25, 0.3) is 0 Å². The Balaban J connectivity index is 2.24. The Morgan fingerprint density at radius 3 is 3.00 bits per heavy atom. The molecule has 0 spiro atoms. The zero-order valence-electron chi connectivity index (χ0n) is 7.74. The molecule has 4 nitrogen and oxygen atoms in total. The van der Waals surface area contributed by atoms with Crippen molar-refractivity contribution in [2.24, 2.45) is 0 Å².